The molecule has 1 unspecified atom stereocenters. The van der Waals surface area contributed by atoms with E-state index in [0.29, 0.717) is 0 Å². The van der Waals surface area contributed by atoms with E-state index in [-0.39, 0.29) is 0 Å². The molecule has 0 aliphatic rings. The normalized spacial score (nSPS) is 9.67. The Kier molecular flexibility index (Phi) is 2.10. The topological polar surface area (TPSA) is 0 Å². The second kappa shape index (κ2) is 2.68. The van der Waals surface area contributed by atoms with Gasteiger partial charge in [-0.05, 0) is 23.9 Å². The molecule has 0 saturated carbocycles. The molecular weight excluding hydrogens is 151 g/mol. The fourth-order valence-electron chi connectivity index (χ4n) is 0.645. The summed E-state index contributed by atoms with van der Waals surface area (Å²) in [5.74, 6) is 0. The summed E-state index contributed by atoms with van der Waals surface area (Å²) in [5.41, 5.74) is 1.22. The summed E-state index contributed by atoms with van der Waals surface area (Å²) in [6, 6.07) is 5.87. The van der Waals surface area contributed by atoms with Crippen molar-refractivity contribution in [2.75, 3.05) is 0 Å². The van der Waals surface area contributed by atoms with Crippen LogP contribution in [0.5, 0.6) is 0 Å². The third-order valence-electron chi connectivity index (χ3n) is 1.27. The van der Waals surface area contributed by atoms with Gasteiger partial charge in [0.15, 0.2) is 0 Å². The van der Waals surface area contributed by atoms with E-state index in [0.717, 1.165) is 10.3 Å². The van der Waals surface area contributed by atoms with Crippen LogP contribution >= 0.6 is 20.8 Å². The van der Waals surface area contributed by atoms with E-state index in [1.807, 2.05) is 25.1 Å². The highest BCUT2D eigenvalue weighted by Gasteiger charge is 1.94. The van der Waals surface area contributed by atoms with Crippen molar-refractivity contribution in [2.45, 2.75) is 6.92 Å². The second-order valence-electron chi connectivity index (χ2n) is 1.97. The standard InChI is InChI=1S/C7H8ClP/c1-5-3-2-4-6(8)7(5)9/h2-4H,9H2,1H3. The number of aryl methyl sites for hydroxylation is 1. The van der Waals surface area contributed by atoms with Crippen molar-refractivity contribution < 1.29 is 0 Å². The molecule has 0 aliphatic heterocycles. The van der Waals surface area contributed by atoms with Gasteiger partial charge < -0.3 is 0 Å². The predicted octanol–water partition coefficient (Wildman–Crippen LogP) is 2.15. The molecule has 0 N–H and O–H groups in total. The van der Waals surface area contributed by atoms with E-state index in [1.165, 1.54) is 5.56 Å². The van der Waals surface area contributed by atoms with Crippen molar-refractivity contribution >= 4 is 26.1 Å². The van der Waals surface area contributed by atoms with Gasteiger partial charge in [-0.2, -0.15) is 0 Å². The molecule has 0 saturated heterocycles. The lowest BCUT2D eigenvalue weighted by molar-refractivity contribution is 1.52. The molecule has 1 atom stereocenters. The first-order chi connectivity index (χ1) is 4.22. The first-order valence-corrected chi connectivity index (χ1v) is 3.68. The maximum absolute atomic E-state index is 5.79. The van der Waals surface area contributed by atoms with E-state index >= 15 is 0 Å². The Morgan fingerprint density at radius 3 is 2.56 bits per heavy atom. The number of hydrogen-bond acceptors (Lipinski definition) is 0. The van der Waals surface area contributed by atoms with Crippen LogP contribution in [-0.2, 0) is 0 Å². The lowest BCUT2D eigenvalue weighted by Crippen LogP contribution is -1.96. The van der Waals surface area contributed by atoms with Crippen LogP contribution in [0, 0.1) is 6.92 Å². The van der Waals surface area contributed by atoms with Crippen LogP contribution in [-0.4, -0.2) is 0 Å². The maximum atomic E-state index is 5.79. The maximum Gasteiger partial charge on any atom is 0.0480 e. The van der Waals surface area contributed by atoms with Crippen molar-refractivity contribution in [1.82, 2.24) is 0 Å². The van der Waals surface area contributed by atoms with Crippen molar-refractivity contribution in [3.63, 3.8) is 0 Å². The van der Waals surface area contributed by atoms with Gasteiger partial charge in [0.05, 0.1) is 0 Å². The van der Waals surface area contributed by atoms with Gasteiger partial charge >= 0.3 is 0 Å². The zero-order chi connectivity index (χ0) is 6.85. The van der Waals surface area contributed by atoms with E-state index in [9.17, 15) is 0 Å². The zero-order valence-electron chi connectivity index (χ0n) is 5.19. The zero-order valence-corrected chi connectivity index (χ0v) is 7.10. The first kappa shape index (κ1) is 7.05. The quantitative estimate of drug-likeness (QED) is 0.508. The van der Waals surface area contributed by atoms with Gasteiger partial charge in [-0.25, -0.2) is 0 Å². The Balaban J connectivity index is 3.25. The third-order valence-corrected chi connectivity index (χ3v) is 2.55. The van der Waals surface area contributed by atoms with Crippen LogP contribution in [0.15, 0.2) is 18.2 Å². The Hall–Kier alpha value is -0.0600. The largest absolute Gasteiger partial charge is 0.104 e. The molecule has 1 aromatic rings. The molecule has 1 aromatic carbocycles. The van der Waals surface area contributed by atoms with E-state index < -0.39 is 0 Å². The molecule has 48 valence electrons. The fraction of sp³-hybridized carbons (Fsp3) is 0.143. The average molecular weight is 159 g/mol. The molecule has 0 amide bonds. The van der Waals surface area contributed by atoms with Crippen LogP contribution in [0.25, 0.3) is 0 Å². The molecule has 1 rings (SSSR count). The number of rotatable bonds is 0. The molecule has 0 bridgehead atoms. The van der Waals surface area contributed by atoms with E-state index in [4.69, 9.17) is 11.6 Å². The summed E-state index contributed by atoms with van der Waals surface area (Å²) >= 11 is 5.79. The fourth-order valence-corrected chi connectivity index (χ4v) is 1.06. The molecule has 0 heterocycles. The summed E-state index contributed by atoms with van der Waals surface area (Å²) in [5, 5.41) is 1.92. The second-order valence-corrected chi connectivity index (χ2v) is 2.95. The minimum absolute atomic E-state index is 0.819. The monoisotopic (exact) mass is 158 g/mol. The smallest absolute Gasteiger partial charge is 0.0480 e. The molecule has 0 nitrogen and oxygen atoms in total. The molecule has 0 aliphatic carbocycles. The predicted molar refractivity (Wildman–Crippen MR) is 45.5 cm³/mol. The lowest BCUT2D eigenvalue weighted by atomic mass is 10.2. The first-order valence-electron chi connectivity index (χ1n) is 2.72. The van der Waals surface area contributed by atoms with E-state index in [1.54, 1.807) is 0 Å². The van der Waals surface area contributed by atoms with E-state index in [2.05, 4.69) is 9.24 Å². The Morgan fingerprint density at radius 2 is 2.11 bits per heavy atom. The van der Waals surface area contributed by atoms with Crippen molar-refractivity contribution in [1.29, 1.82) is 0 Å². The van der Waals surface area contributed by atoms with Crippen LogP contribution in [0.4, 0.5) is 0 Å². The van der Waals surface area contributed by atoms with Crippen molar-refractivity contribution in [3.8, 4) is 0 Å². The molecule has 0 spiro atoms. The summed E-state index contributed by atoms with van der Waals surface area (Å²) in [7, 11) is 2.61. The highest BCUT2D eigenvalue weighted by molar-refractivity contribution is 7.28. The highest BCUT2D eigenvalue weighted by atomic mass is 35.5. The number of halogens is 1. The van der Waals surface area contributed by atoms with Gasteiger partial charge in [0, 0.05) is 5.02 Å². The van der Waals surface area contributed by atoms with Gasteiger partial charge in [-0.3, -0.25) is 0 Å². The number of benzene rings is 1. The van der Waals surface area contributed by atoms with Crippen LogP contribution in [0.3, 0.4) is 0 Å². The minimum atomic E-state index is 0.819. The van der Waals surface area contributed by atoms with Crippen molar-refractivity contribution in [3.05, 3.63) is 28.8 Å². The van der Waals surface area contributed by atoms with Gasteiger partial charge in [-0.15, -0.1) is 9.24 Å². The molecular formula is C7H8ClP. The van der Waals surface area contributed by atoms with Gasteiger partial charge in [-0.1, -0.05) is 23.7 Å². The van der Waals surface area contributed by atoms with Crippen molar-refractivity contribution in [2.24, 2.45) is 0 Å². The summed E-state index contributed by atoms with van der Waals surface area (Å²) in [6.45, 7) is 2.04. The Morgan fingerprint density at radius 1 is 1.44 bits per heavy atom. The number of hydrogen-bond donors (Lipinski definition) is 0. The molecule has 0 aromatic heterocycles. The van der Waals surface area contributed by atoms with Gasteiger partial charge in [0.1, 0.15) is 0 Å². The van der Waals surface area contributed by atoms with Crippen LogP contribution in [0.1, 0.15) is 5.56 Å². The summed E-state index contributed by atoms with van der Waals surface area (Å²) in [4.78, 5) is 0. The summed E-state index contributed by atoms with van der Waals surface area (Å²) in [6.07, 6.45) is 0. The molecule has 9 heavy (non-hydrogen) atoms. The van der Waals surface area contributed by atoms with Gasteiger partial charge in [0.25, 0.3) is 0 Å². The third kappa shape index (κ3) is 1.44. The molecule has 0 fully saturated rings. The molecule has 0 radical (unpaired) electrons. The highest BCUT2D eigenvalue weighted by Crippen LogP contribution is 2.10. The SMILES string of the molecule is Cc1cccc(Cl)c1P. The Labute approximate surface area is 62.4 Å². The summed E-state index contributed by atoms with van der Waals surface area (Å²) < 4.78 is 0. The van der Waals surface area contributed by atoms with Crippen LogP contribution < -0.4 is 5.30 Å². The molecule has 2 heteroatoms. The lowest BCUT2D eigenvalue weighted by Gasteiger charge is -1.98. The average Bonchev–Trinajstić information content (AvgIpc) is 1.83. The van der Waals surface area contributed by atoms with Crippen LogP contribution in [0.2, 0.25) is 5.02 Å². The van der Waals surface area contributed by atoms with Gasteiger partial charge in [0.2, 0.25) is 0 Å². The Bertz CT molecular complexity index is 200. The minimum Gasteiger partial charge on any atom is -0.104 e.